The number of aryl methyl sites for hydroxylation is 1. The topological polar surface area (TPSA) is 59.2 Å². The molecule has 1 aromatic heterocycles. The standard InChI is InChI=1S/C17H23N3O2/c1-11(2)17(18-9-14-10-19-20-12(14)3)13-4-5-15-16(8-13)22-7-6-21-15/h4-5,8,10-11,17-18H,6-7,9H2,1-3H3,(H,19,20)/t17-/m1/s1. The summed E-state index contributed by atoms with van der Waals surface area (Å²) in [5, 5.41) is 10.7. The van der Waals surface area contributed by atoms with Gasteiger partial charge in [-0.1, -0.05) is 19.9 Å². The molecule has 2 N–H and O–H groups in total. The minimum absolute atomic E-state index is 0.255. The lowest BCUT2D eigenvalue weighted by atomic mass is 9.95. The van der Waals surface area contributed by atoms with Crippen LogP contribution in [0.4, 0.5) is 0 Å². The van der Waals surface area contributed by atoms with Crippen LogP contribution in [0.2, 0.25) is 0 Å². The van der Waals surface area contributed by atoms with E-state index in [0.717, 1.165) is 23.7 Å². The Morgan fingerprint density at radius 3 is 2.68 bits per heavy atom. The molecule has 0 spiro atoms. The van der Waals surface area contributed by atoms with Gasteiger partial charge in [-0.3, -0.25) is 5.10 Å². The van der Waals surface area contributed by atoms with Crippen LogP contribution in [0.1, 0.15) is 36.7 Å². The first-order valence-corrected chi connectivity index (χ1v) is 7.77. The first kappa shape index (κ1) is 14.9. The molecule has 118 valence electrons. The number of fused-ring (bicyclic) bond motifs is 1. The number of H-pyrrole nitrogens is 1. The normalized spacial score (nSPS) is 15.1. The summed E-state index contributed by atoms with van der Waals surface area (Å²) in [5.41, 5.74) is 3.53. The van der Waals surface area contributed by atoms with Gasteiger partial charge in [0.1, 0.15) is 13.2 Å². The molecule has 1 aliphatic heterocycles. The Morgan fingerprint density at radius 1 is 1.23 bits per heavy atom. The van der Waals surface area contributed by atoms with Gasteiger partial charge in [-0.25, -0.2) is 0 Å². The van der Waals surface area contributed by atoms with Crippen molar-refractivity contribution >= 4 is 0 Å². The summed E-state index contributed by atoms with van der Waals surface area (Å²) >= 11 is 0. The Bertz CT molecular complexity index is 637. The van der Waals surface area contributed by atoms with E-state index in [2.05, 4.69) is 41.5 Å². The smallest absolute Gasteiger partial charge is 0.161 e. The van der Waals surface area contributed by atoms with Crippen molar-refractivity contribution in [2.24, 2.45) is 5.92 Å². The van der Waals surface area contributed by atoms with Crippen LogP contribution in [-0.2, 0) is 6.54 Å². The largest absolute Gasteiger partial charge is 0.486 e. The second kappa shape index (κ2) is 6.40. The van der Waals surface area contributed by atoms with Crippen molar-refractivity contribution in [2.75, 3.05) is 13.2 Å². The Labute approximate surface area is 131 Å². The van der Waals surface area contributed by atoms with Crippen molar-refractivity contribution in [3.8, 4) is 11.5 Å². The van der Waals surface area contributed by atoms with E-state index in [-0.39, 0.29) is 6.04 Å². The SMILES string of the molecule is Cc1[nH]ncc1CN[C@@H](c1ccc2c(c1)OCCO2)C(C)C. The molecule has 5 heteroatoms. The summed E-state index contributed by atoms with van der Waals surface area (Å²) in [4.78, 5) is 0. The van der Waals surface area contributed by atoms with Gasteiger partial charge in [0.2, 0.25) is 0 Å². The number of aromatic nitrogens is 2. The molecule has 0 fully saturated rings. The zero-order valence-electron chi connectivity index (χ0n) is 13.3. The molecule has 0 amide bonds. The lowest BCUT2D eigenvalue weighted by Crippen LogP contribution is -2.26. The van der Waals surface area contributed by atoms with E-state index in [4.69, 9.17) is 9.47 Å². The first-order chi connectivity index (χ1) is 10.6. The molecule has 5 nitrogen and oxygen atoms in total. The number of benzene rings is 1. The zero-order valence-corrected chi connectivity index (χ0v) is 13.3. The molecule has 1 aliphatic rings. The number of hydrogen-bond acceptors (Lipinski definition) is 4. The van der Waals surface area contributed by atoms with Crippen LogP contribution in [0.15, 0.2) is 24.4 Å². The molecule has 0 aliphatic carbocycles. The number of hydrogen-bond donors (Lipinski definition) is 2. The summed E-state index contributed by atoms with van der Waals surface area (Å²) in [6.07, 6.45) is 1.88. The summed E-state index contributed by atoms with van der Waals surface area (Å²) in [7, 11) is 0. The quantitative estimate of drug-likeness (QED) is 0.891. The van der Waals surface area contributed by atoms with Crippen molar-refractivity contribution in [3.05, 3.63) is 41.2 Å². The summed E-state index contributed by atoms with van der Waals surface area (Å²) < 4.78 is 11.3. The van der Waals surface area contributed by atoms with Gasteiger partial charge in [0.25, 0.3) is 0 Å². The van der Waals surface area contributed by atoms with Gasteiger partial charge in [0.05, 0.1) is 6.20 Å². The average molecular weight is 301 g/mol. The summed E-state index contributed by atoms with van der Waals surface area (Å²) in [6, 6.07) is 6.47. The predicted molar refractivity (Wildman–Crippen MR) is 85.2 cm³/mol. The molecule has 0 radical (unpaired) electrons. The van der Waals surface area contributed by atoms with Gasteiger partial charge >= 0.3 is 0 Å². The predicted octanol–water partition coefficient (Wildman–Crippen LogP) is 2.98. The van der Waals surface area contributed by atoms with E-state index >= 15 is 0 Å². The van der Waals surface area contributed by atoms with Crippen molar-refractivity contribution < 1.29 is 9.47 Å². The fraction of sp³-hybridized carbons (Fsp3) is 0.471. The van der Waals surface area contributed by atoms with Crippen LogP contribution in [0.5, 0.6) is 11.5 Å². The highest BCUT2D eigenvalue weighted by Crippen LogP contribution is 2.34. The number of nitrogens with one attached hydrogen (secondary N) is 2. The van der Waals surface area contributed by atoms with Gasteiger partial charge in [-0.05, 0) is 30.5 Å². The number of ether oxygens (including phenoxy) is 2. The number of rotatable bonds is 5. The fourth-order valence-corrected chi connectivity index (χ4v) is 2.77. The maximum atomic E-state index is 5.70. The third kappa shape index (κ3) is 3.09. The van der Waals surface area contributed by atoms with Gasteiger partial charge < -0.3 is 14.8 Å². The van der Waals surface area contributed by atoms with E-state index in [1.807, 2.05) is 19.2 Å². The zero-order chi connectivity index (χ0) is 15.5. The number of aromatic amines is 1. The summed E-state index contributed by atoms with van der Waals surface area (Å²) in [6.45, 7) is 8.51. The maximum absolute atomic E-state index is 5.70. The minimum atomic E-state index is 0.255. The van der Waals surface area contributed by atoms with Crippen LogP contribution < -0.4 is 14.8 Å². The molecule has 22 heavy (non-hydrogen) atoms. The van der Waals surface area contributed by atoms with Crippen molar-refractivity contribution in [1.82, 2.24) is 15.5 Å². The van der Waals surface area contributed by atoms with Crippen molar-refractivity contribution in [3.63, 3.8) is 0 Å². The highest BCUT2D eigenvalue weighted by Gasteiger charge is 2.19. The monoisotopic (exact) mass is 301 g/mol. The Morgan fingerprint density at radius 2 is 2.00 bits per heavy atom. The highest BCUT2D eigenvalue weighted by atomic mass is 16.6. The van der Waals surface area contributed by atoms with E-state index in [0.29, 0.717) is 19.1 Å². The second-order valence-electron chi connectivity index (χ2n) is 6.03. The van der Waals surface area contributed by atoms with Crippen LogP contribution in [0.3, 0.4) is 0 Å². The molecule has 2 heterocycles. The van der Waals surface area contributed by atoms with Gasteiger partial charge in [-0.2, -0.15) is 5.10 Å². The van der Waals surface area contributed by atoms with E-state index in [1.165, 1.54) is 11.1 Å². The minimum Gasteiger partial charge on any atom is -0.486 e. The molecule has 0 unspecified atom stereocenters. The third-order valence-corrected chi connectivity index (χ3v) is 4.04. The lowest BCUT2D eigenvalue weighted by molar-refractivity contribution is 0.171. The average Bonchev–Trinajstić information content (AvgIpc) is 2.92. The van der Waals surface area contributed by atoms with E-state index < -0.39 is 0 Å². The van der Waals surface area contributed by atoms with E-state index in [9.17, 15) is 0 Å². The molecule has 1 atom stereocenters. The van der Waals surface area contributed by atoms with E-state index in [1.54, 1.807) is 0 Å². The molecule has 2 aromatic rings. The Kier molecular flexibility index (Phi) is 4.34. The maximum Gasteiger partial charge on any atom is 0.161 e. The van der Waals surface area contributed by atoms with Crippen LogP contribution >= 0.6 is 0 Å². The van der Waals surface area contributed by atoms with Gasteiger partial charge in [-0.15, -0.1) is 0 Å². The molecular formula is C17H23N3O2. The van der Waals surface area contributed by atoms with Crippen LogP contribution in [0.25, 0.3) is 0 Å². The molecule has 0 saturated carbocycles. The summed E-state index contributed by atoms with van der Waals surface area (Å²) in [5.74, 6) is 2.15. The molecule has 1 aromatic carbocycles. The highest BCUT2D eigenvalue weighted by molar-refractivity contribution is 5.44. The molecule has 0 bridgehead atoms. The van der Waals surface area contributed by atoms with Crippen LogP contribution in [-0.4, -0.2) is 23.4 Å². The van der Waals surface area contributed by atoms with Gasteiger partial charge in [0, 0.05) is 23.8 Å². The third-order valence-electron chi connectivity index (χ3n) is 4.04. The number of nitrogens with zero attached hydrogens (tertiary/aromatic N) is 1. The Hall–Kier alpha value is -2.01. The second-order valence-corrected chi connectivity index (χ2v) is 6.03. The van der Waals surface area contributed by atoms with Crippen molar-refractivity contribution in [2.45, 2.75) is 33.4 Å². The molecule has 0 saturated heterocycles. The van der Waals surface area contributed by atoms with Gasteiger partial charge in [0.15, 0.2) is 11.5 Å². The fourth-order valence-electron chi connectivity index (χ4n) is 2.77. The molecule has 3 rings (SSSR count). The van der Waals surface area contributed by atoms with Crippen molar-refractivity contribution in [1.29, 1.82) is 0 Å². The lowest BCUT2D eigenvalue weighted by Gasteiger charge is -2.25. The molecular weight excluding hydrogens is 278 g/mol. The van der Waals surface area contributed by atoms with Crippen LogP contribution in [0, 0.1) is 12.8 Å². The Balaban J connectivity index is 1.77. The first-order valence-electron chi connectivity index (χ1n) is 7.77.